The van der Waals surface area contributed by atoms with Crippen LogP contribution in [0, 0.1) is 5.41 Å². The van der Waals surface area contributed by atoms with Crippen molar-refractivity contribution in [2.24, 2.45) is 11.1 Å². The first-order valence-electron chi connectivity index (χ1n) is 8.42. The molecule has 0 atom stereocenters. The largest absolute Gasteiger partial charge is 0.370 e. The van der Waals surface area contributed by atoms with Gasteiger partial charge in [-0.05, 0) is 47.7 Å². The molecule has 114 valence electrons. The van der Waals surface area contributed by atoms with Gasteiger partial charge in [0.1, 0.15) is 0 Å². The van der Waals surface area contributed by atoms with E-state index in [-0.39, 0.29) is 0 Å². The van der Waals surface area contributed by atoms with Gasteiger partial charge in [0.15, 0.2) is 0 Å². The van der Waals surface area contributed by atoms with Crippen LogP contribution in [0.2, 0.25) is 0 Å². The molecule has 0 unspecified atom stereocenters. The molecule has 2 nitrogen and oxygen atoms in total. The molecule has 0 radical (unpaired) electrons. The van der Waals surface area contributed by atoms with Crippen LogP contribution in [0.25, 0.3) is 11.1 Å². The molecular formula is C20H24N2. The zero-order chi connectivity index (χ0) is 15.0. The Balaban J connectivity index is 1.56. The van der Waals surface area contributed by atoms with Crippen molar-refractivity contribution in [1.29, 1.82) is 0 Å². The first kappa shape index (κ1) is 13.8. The first-order chi connectivity index (χ1) is 10.8. The zero-order valence-corrected chi connectivity index (χ0v) is 13.1. The van der Waals surface area contributed by atoms with E-state index in [9.17, 15) is 0 Å². The van der Waals surface area contributed by atoms with Crippen molar-refractivity contribution in [3.8, 4) is 11.1 Å². The van der Waals surface area contributed by atoms with Gasteiger partial charge >= 0.3 is 0 Å². The summed E-state index contributed by atoms with van der Waals surface area (Å²) >= 11 is 0. The van der Waals surface area contributed by atoms with Crippen molar-refractivity contribution in [2.75, 3.05) is 18.0 Å². The summed E-state index contributed by atoms with van der Waals surface area (Å²) in [5.41, 5.74) is 11.5. The highest BCUT2D eigenvalue weighted by atomic mass is 15.2. The number of hydrogen-bond donors (Lipinski definition) is 1. The monoisotopic (exact) mass is 292 g/mol. The molecule has 1 heterocycles. The van der Waals surface area contributed by atoms with Crippen LogP contribution in [-0.4, -0.2) is 13.1 Å². The molecule has 2 aromatic rings. The fourth-order valence-electron chi connectivity index (χ4n) is 4.15. The summed E-state index contributed by atoms with van der Waals surface area (Å²) in [5.74, 6) is 0. The summed E-state index contributed by atoms with van der Waals surface area (Å²) in [6, 6.07) is 17.5. The molecule has 1 aliphatic heterocycles. The molecule has 4 rings (SSSR count). The summed E-state index contributed by atoms with van der Waals surface area (Å²) in [5, 5.41) is 0. The normalized spacial score (nSPS) is 19.4. The van der Waals surface area contributed by atoms with E-state index in [2.05, 4.69) is 53.4 Å². The van der Waals surface area contributed by atoms with Crippen LogP contribution in [0.4, 0.5) is 5.69 Å². The van der Waals surface area contributed by atoms with Gasteiger partial charge in [-0.25, -0.2) is 0 Å². The minimum atomic E-state index is 0.599. The number of rotatable bonds is 3. The fourth-order valence-corrected chi connectivity index (χ4v) is 4.15. The van der Waals surface area contributed by atoms with Crippen molar-refractivity contribution >= 4 is 5.69 Å². The summed E-state index contributed by atoms with van der Waals surface area (Å²) < 4.78 is 0. The molecule has 0 aromatic heterocycles. The van der Waals surface area contributed by atoms with Crippen molar-refractivity contribution < 1.29 is 0 Å². The average Bonchev–Trinajstić information content (AvgIpc) is 3.04. The Morgan fingerprint density at radius 2 is 1.59 bits per heavy atom. The van der Waals surface area contributed by atoms with Crippen LogP contribution in [0.1, 0.15) is 31.2 Å². The second kappa shape index (κ2) is 5.44. The first-order valence-corrected chi connectivity index (χ1v) is 8.42. The molecule has 2 aromatic carbocycles. The third kappa shape index (κ3) is 2.42. The predicted octanol–water partition coefficient (Wildman–Crippen LogP) is 4.19. The van der Waals surface area contributed by atoms with Crippen molar-refractivity contribution in [3.63, 3.8) is 0 Å². The molecule has 2 aliphatic rings. The lowest BCUT2D eigenvalue weighted by atomic mass is 9.78. The Hall–Kier alpha value is -1.80. The van der Waals surface area contributed by atoms with Crippen LogP contribution in [-0.2, 0) is 6.54 Å². The second-order valence-electron chi connectivity index (χ2n) is 7.02. The maximum atomic E-state index is 5.76. The lowest BCUT2D eigenvalue weighted by Gasteiger charge is -2.50. The van der Waals surface area contributed by atoms with E-state index < -0.39 is 0 Å². The summed E-state index contributed by atoms with van der Waals surface area (Å²) in [6.07, 6.45) is 5.73. The van der Waals surface area contributed by atoms with Crippen LogP contribution in [0.3, 0.4) is 0 Å². The van der Waals surface area contributed by atoms with Crippen LogP contribution in [0.5, 0.6) is 0 Å². The highest BCUT2D eigenvalue weighted by Crippen LogP contribution is 2.47. The molecule has 2 N–H and O–H groups in total. The molecular weight excluding hydrogens is 268 g/mol. The van der Waals surface area contributed by atoms with Gasteiger partial charge in [-0.3, -0.25) is 0 Å². The van der Waals surface area contributed by atoms with E-state index >= 15 is 0 Å². The molecule has 0 amide bonds. The highest BCUT2D eigenvalue weighted by Gasteiger charge is 2.44. The van der Waals surface area contributed by atoms with Gasteiger partial charge in [0, 0.05) is 30.7 Å². The molecule has 1 saturated carbocycles. The van der Waals surface area contributed by atoms with E-state index in [4.69, 9.17) is 5.73 Å². The molecule has 0 bridgehead atoms. The number of hydrogen-bond acceptors (Lipinski definition) is 2. The molecule has 1 saturated heterocycles. The minimum absolute atomic E-state index is 0.599. The second-order valence-corrected chi connectivity index (χ2v) is 7.02. The Bertz CT molecular complexity index is 663. The van der Waals surface area contributed by atoms with Gasteiger partial charge in [0.05, 0.1) is 0 Å². The molecule has 1 spiro atoms. The van der Waals surface area contributed by atoms with Gasteiger partial charge in [0.25, 0.3) is 0 Å². The van der Waals surface area contributed by atoms with Gasteiger partial charge < -0.3 is 10.6 Å². The van der Waals surface area contributed by atoms with E-state index in [0.717, 1.165) is 0 Å². The maximum Gasteiger partial charge on any atom is 0.0372 e. The number of nitrogens with two attached hydrogens (primary N) is 1. The highest BCUT2D eigenvalue weighted by molar-refractivity contribution is 5.69. The minimum Gasteiger partial charge on any atom is -0.370 e. The van der Waals surface area contributed by atoms with Crippen LogP contribution in [0.15, 0.2) is 48.5 Å². The van der Waals surface area contributed by atoms with Crippen LogP contribution >= 0.6 is 0 Å². The Morgan fingerprint density at radius 1 is 0.909 bits per heavy atom. The van der Waals surface area contributed by atoms with E-state index in [1.54, 1.807) is 0 Å². The summed E-state index contributed by atoms with van der Waals surface area (Å²) in [6.45, 7) is 3.10. The Labute approximate surface area is 132 Å². The summed E-state index contributed by atoms with van der Waals surface area (Å²) in [4.78, 5) is 2.54. The molecule has 1 aliphatic carbocycles. The summed E-state index contributed by atoms with van der Waals surface area (Å²) in [7, 11) is 0. The third-order valence-corrected chi connectivity index (χ3v) is 5.42. The zero-order valence-electron chi connectivity index (χ0n) is 13.1. The lowest BCUT2D eigenvalue weighted by Crippen LogP contribution is -2.55. The Kier molecular flexibility index (Phi) is 3.42. The number of benzene rings is 2. The smallest absolute Gasteiger partial charge is 0.0372 e. The number of anilines is 1. The standard InChI is InChI=1S/C20H24N2/c21-13-16-5-3-6-17(11-16)18-7-4-8-19(12-18)22-14-20(15-22)9-1-2-10-20/h3-8,11-12H,1-2,9-10,13-15,21H2. The SMILES string of the molecule is NCc1cccc(-c2cccc(N3CC4(CCCC4)C3)c2)c1. The predicted molar refractivity (Wildman–Crippen MR) is 92.9 cm³/mol. The maximum absolute atomic E-state index is 5.76. The van der Waals surface area contributed by atoms with Crippen LogP contribution < -0.4 is 10.6 Å². The van der Waals surface area contributed by atoms with Gasteiger partial charge in [-0.2, -0.15) is 0 Å². The van der Waals surface area contributed by atoms with Gasteiger partial charge in [-0.15, -0.1) is 0 Å². The Morgan fingerprint density at radius 3 is 2.32 bits per heavy atom. The van der Waals surface area contributed by atoms with E-state index in [1.165, 1.54) is 61.2 Å². The third-order valence-electron chi connectivity index (χ3n) is 5.42. The fraction of sp³-hybridized carbons (Fsp3) is 0.400. The van der Waals surface area contributed by atoms with Crippen molar-refractivity contribution in [2.45, 2.75) is 32.2 Å². The van der Waals surface area contributed by atoms with Crippen molar-refractivity contribution in [3.05, 3.63) is 54.1 Å². The number of nitrogens with zero attached hydrogens (tertiary/aromatic N) is 1. The topological polar surface area (TPSA) is 29.3 Å². The molecule has 2 heteroatoms. The average molecular weight is 292 g/mol. The molecule has 2 fully saturated rings. The van der Waals surface area contributed by atoms with Gasteiger partial charge in [0.2, 0.25) is 0 Å². The van der Waals surface area contributed by atoms with E-state index in [1.807, 2.05) is 0 Å². The van der Waals surface area contributed by atoms with Gasteiger partial charge in [-0.1, -0.05) is 43.2 Å². The quantitative estimate of drug-likeness (QED) is 0.919. The molecule has 22 heavy (non-hydrogen) atoms. The van der Waals surface area contributed by atoms with Crippen molar-refractivity contribution in [1.82, 2.24) is 0 Å². The lowest BCUT2D eigenvalue weighted by molar-refractivity contribution is 0.222. The van der Waals surface area contributed by atoms with E-state index in [0.29, 0.717) is 12.0 Å².